The summed E-state index contributed by atoms with van der Waals surface area (Å²) in [6.45, 7) is 3.79. The Morgan fingerprint density at radius 3 is 1.44 bits per heavy atom. The lowest BCUT2D eigenvalue weighted by Gasteiger charge is -2.12. The second kappa shape index (κ2) is 12.6. The van der Waals surface area contributed by atoms with Crippen LogP contribution in [0.4, 0.5) is 0 Å². The lowest BCUT2D eigenvalue weighted by molar-refractivity contribution is -0.143. The molecular weight excluding hydrogens is 370 g/mol. The molecule has 0 saturated carbocycles. The molecule has 2 unspecified atom stereocenters. The van der Waals surface area contributed by atoms with Crippen molar-refractivity contribution < 1.29 is 38.0 Å². The first kappa shape index (κ1) is 24.3. The van der Waals surface area contributed by atoms with Gasteiger partial charge in [-0.3, -0.25) is 18.7 Å². The van der Waals surface area contributed by atoms with E-state index in [0.29, 0.717) is 12.8 Å². The van der Waals surface area contributed by atoms with Crippen molar-refractivity contribution in [2.45, 2.75) is 58.8 Å². The van der Waals surface area contributed by atoms with Crippen LogP contribution < -0.4 is 0 Å². The van der Waals surface area contributed by atoms with Gasteiger partial charge in [-0.05, 0) is 19.3 Å². The van der Waals surface area contributed by atoms with Crippen LogP contribution in [0.25, 0.3) is 0 Å². The third-order valence-corrected chi connectivity index (χ3v) is 6.43. The summed E-state index contributed by atoms with van der Waals surface area (Å²) in [5.74, 6) is -1.32. The zero-order valence-electron chi connectivity index (χ0n) is 15.0. The molecule has 0 radical (unpaired) electrons. The SMILES string of the molecule is CCCCP(=O)(O)COC(=O)CCCC(=O)OCP(=O)(O)CCCC. The van der Waals surface area contributed by atoms with Gasteiger partial charge in [0.2, 0.25) is 14.7 Å². The summed E-state index contributed by atoms with van der Waals surface area (Å²) in [5, 5.41) is 0. The number of carbonyl (C=O) groups is 2. The number of unbranched alkanes of at least 4 members (excludes halogenated alkanes) is 2. The van der Waals surface area contributed by atoms with Crippen molar-refractivity contribution in [1.29, 1.82) is 0 Å². The molecule has 0 amide bonds. The predicted molar refractivity (Wildman–Crippen MR) is 95.0 cm³/mol. The Balaban J connectivity index is 3.91. The minimum atomic E-state index is -3.45. The molecule has 8 nitrogen and oxygen atoms in total. The maximum absolute atomic E-state index is 11.7. The van der Waals surface area contributed by atoms with E-state index >= 15 is 0 Å². The van der Waals surface area contributed by atoms with E-state index < -0.39 is 39.4 Å². The summed E-state index contributed by atoms with van der Waals surface area (Å²) < 4.78 is 32.8. The monoisotopic (exact) mass is 400 g/mol. The Morgan fingerprint density at radius 1 is 0.760 bits per heavy atom. The van der Waals surface area contributed by atoms with Gasteiger partial charge < -0.3 is 19.3 Å². The third-order valence-electron chi connectivity index (χ3n) is 3.34. The zero-order valence-corrected chi connectivity index (χ0v) is 16.8. The van der Waals surface area contributed by atoms with Crippen LogP contribution in [0, 0.1) is 0 Å². The molecule has 0 saturated heterocycles. The molecule has 10 heteroatoms. The Morgan fingerprint density at radius 2 is 1.12 bits per heavy atom. The normalized spacial score (nSPS) is 15.8. The Bertz CT molecular complexity index is 462. The Hall–Kier alpha value is -0.680. The van der Waals surface area contributed by atoms with Crippen LogP contribution in [0.15, 0.2) is 0 Å². The molecule has 148 valence electrons. The van der Waals surface area contributed by atoms with Crippen molar-refractivity contribution in [3.05, 3.63) is 0 Å². The van der Waals surface area contributed by atoms with E-state index in [9.17, 15) is 28.5 Å². The second-order valence-corrected chi connectivity index (χ2v) is 10.8. The van der Waals surface area contributed by atoms with Gasteiger partial charge in [0.25, 0.3) is 0 Å². The van der Waals surface area contributed by atoms with Crippen LogP contribution in [-0.4, -0.2) is 46.7 Å². The van der Waals surface area contributed by atoms with Crippen molar-refractivity contribution >= 4 is 26.7 Å². The Kier molecular flexibility index (Phi) is 12.3. The highest BCUT2D eigenvalue weighted by Gasteiger charge is 2.21. The number of hydrogen-bond acceptors (Lipinski definition) is 6. The van der Waals surface area contributed by atoms with Crippen LogP contribution in [0.3, 0.4) is 0 Å². The first-order chi connectivity index (χ1) is 11.6. The lowest BCUT2D eigenvalue weighted by Crippen LogP contribution is -2.10. The average Bonchev–Trinajstić information content (AvgIpc) is 2.55. The van der Waals surface area contributed by atoms with Gasteiger partial charge in [-0.25, -0.2) is 0 Å². The molecular formula is C15H30O8P2. The topological polar surface area (TPSA) is 127 Å². The molecule has 0 aromatic heterocycles. The molecule has 0 spiro atoms. The maximum atomic E-state index is 11.7. The maximum Gasteiger partial charge on any atom is 0.306 e. The van der Waals surface area contributed by atoms with Crippen LogP contribution >= 0.6 is 14.7 Å². The van der Waals surface area contributed by atoms with Crippen molar-refractivity contribution in [1.82, 2.24) is 0 Å². The van der Waals surface area contributed by atoms with E-state index in [1.54, 1.807) is 0 Å². The van der Waals surface area contributed by atoms with Crippen LogP contribution in [0.1, 0.15) is 58.8 Å². The number of ether oxygens (including phenoxy) is 2. The fraction of sp³-hybridized carbons (Fsp3) is 0.867. The lowest BCUT2D eigenvalue weighted by atomic mass is 10.2. The molecule has 0 bridgehead atoms. The number of esters is 2. The van der Waals surface area contributed by atoms with E-state index in [0.717, 1.165) is 12.8 Å². The van der Waals surface area contributed by atoms with Gasteiger partial charge in [0, 0.05) is 25.2 Å². The summed E-state index contributed by atoms with van der Waals surface area (Å²) in [7, 11) is -6.89. The molecule has 0 rings (SSSR count). The quantitative estimate of drug-likeness (QED) is 0.336. The van der Waals surface area contributed by atoms with Gasteiger partial charge in [-0.15, -0.1) is 0 Å². The fourth-order valence-electron chi connectivity index (χ4n) is 1.81. The molecule has 0 aliphatic rings. The first-order valence-corrected chi connectivity index (χ1v) is 12.6. The second-order valence-electron chi connectivity index (χ2n) is 5.99. The third kappa shape index (κ3) is 14.2. The fourth-order valence-corrected chi connectivity index (χ4v) is 4.38. The van der Waals surface area contributed by atoms with Gasteiger partial charge in [-0.2, -0.15) is 0 Å². The molecule has 0 aliphatic carbocycles. The average molecular weight is 400 g/mol. The van der Waals surface area contributed by atoms with Crippen LogP contribution in [0.5, 0.6) is 0 Å². The highest BCUT2D eigenvalue weighted by molar-refractivity contribution is 7.58. The minimum Gasteiger partial charge on any atom is -0.455 e. The molecule has 2 atom stereocenters. The van der Waals surface area contributed by atoms with Gasteiger partial charge in [0.05, 0.1) is 0 Å². The zero-order chi connectivity index (χ0) is 19.3. The van der Waals surface area contributed by atoms with Crippen molar-refractivity contribution in [3.8, 4) is 0 Å². The number of hydrogen-bond donors (Lipinski definition) is 2. The highest BCUT2D eigenvalue weighted by Crippen LogP contribution is 2.42. The first-order valence-electron chi connectivity index (χ1n) is 8.55. The van der Waals surface area contributed by atoms with Gasteiger partial charge in [-0.1, -0.05) is 26.7 Å². The molecule has 25 heavy (non-hydrogen) atoms. The van der Waals surface area contributed by atoms with E-state index in [4.69, 9.17) is 9.47 Å². The largest absolute Gasteiger partial charge is 0.455 e. The molecule has 0 aromatic rings. The summed E-state index contributed by atoms with van der Waals surface area (Å²) in [5.41, 5.74) is 0. The number of carbonyl (C=O) groups excluding carboxylic acids is 2. The van der Waals surface area contributed by atoms with Crippen molar-refractivity contribution in [3.63, 3.8) is 0 Å². The van der Waals surface area contributed by atoms with Crippen molar-refractivity contribution in [2.24, 2.45) is 0 Å². The molecule has 0 aliphatic heterocycles. The smallest absolute Gasteiger partial charge is 0.306 e. The molecule has 0 fully saturated rings. The van der Waals surface area contributed by atoms with Gasteiger partial charge >= 0.3 is 11.9 Å². The molecule has 2 N–H and O–H groups in total. The van der Waals surface area contributed by atoms with E-state index in [2.05, 4.69) is 0 Å². The molecule has 0 aromatic carbocycles. The van der Waals surface area contributed by atoms with E-state index in [-0.39, 0.29) is 31.6 Å². The number of rotatable bonds is 14. The van der Waals surface area contributed by atoms with Crippen LogP contribution in [0.2, 0.25) is 0 Å². The van der Waals surface area contributed by atoms with Crippen LogP contribution in [-0.2, 0) is 28.2 Å². The minimum absolute atomic E-state index is 0.0878. The summed E-state index contributed by atoms with van der Waals surface area (Å²) in [6.07, 6.45) is 1.90. The predicted octanol–water partition coefficient (Wildman–Crippen LogP) is 3.30. The highest BCUT2D eigenvalue weighted by atomic mass is 31.2. The van der Waals surface area contributed by atoms with Gasteiger partial charge in [0.15, 0.2) is 12.7 Å². The standard InChI is InChI=1S/C15H30O8P2/c1-3-5-10-24(18,19)12-22-14(16)8-7-9-15(17)23-13-25(20,21)11-6-4-2/h3-13H2,1-2H3,(H,18,19)(H,20,21). The van der Waals surface area contributed by atoms with Gasteiger partial charge in [0.1, 0.15) is 0 Å². The van der Waals surface area contributed by atoms with Crippen molar-refractivity contribution in [2.75, 3.05) is 25.0 Å². The Labute approximate surface area is 149 Å². The summed E-state index contributed by atoms with van der Waals surface area (Å²) in [6, 6.07) is 0. The van der Waals surface area contributed by atoms with E-state index in [1.807, 2.05) is 13.8 Å². The summed E-state index contributed by atoms with van der Waals surface area (Å²) in [4.78, 5) is 42.1. The van der Waals surface area contributed by atoms with E-state index in [1.165, 1.54) is 0 Å². The summed E-state index contributed by atoms with van der Waals surface area (Å²) >= 11 is 0. The molecule has 0 heterocycles.